The number of aryl methyl sites for hydroxylation is 1. The molecule has 1 aromatic heterocycles. The monoisotopic (exact) mass is 360 g/mol. The van der Waals surface area contributed by atoms with E-state index in [1.165, 1.54) is 16.8 Å². The molecule has 0 amide bonds. The highest BCUT2D eigenvalue weighted by Crippen LogP contribution is 2.70. The lowest BCUT2D eigenvalue weighted by Crippen LogP contribution is -2.32. The number of hydrogen-bond acceptors (Lipinski definition) is 2. The molecule has 0 aliphatic heterocycles. The van der Waals surface area contributed by atoms with Gasteiger partial charge in [0.25, 0.3) is 5.91 Å². The second-order valence-corrected chi connectivity index (χ2v) is 9.30. The van der Waals surface area contributed by atoms with Gasteiger partial charge >= 0.3 is 0 Å². The van der Waals surface area contributed by atoms with Gasteiger partial charge in [-0.05, 0) is 61.3 Å². The van der Waals surface area contributed by atoms with Crippen LogP contribution in [0.15, 0.2) is 42.5 Å². The van der Waals surface area contributed by atoms with Gasteiger partial charge in [0.1, 0.15) is 0 Å². The van der Waals surface area contributed by atoms with Crippen molar-refractivity contribution in [3.05, 3.63) is 65.0 Å². The Kier molecular flexibility index (Phi) is 3.72. The van der Waals surface area contributed by atoms with E-state index in [0.29, 0.717) is 23.2 Å². The standard InChI is InChI=1S/C24H28N2O/c1-15-21-20(14-19-22(21)24(19,2)3)26(25-15)23(27)18-12-8-7-11-17(18)13-16-9-5-4-6-10-16/h4-10,17-19,22H,11-14H2,1-3H3/t17-,18-,19+,22+/m0/s1. The molecule has 0 saturated heterocycles. The first kappa shape index (κ1) is 17.0. The minimum atomic E-state index is 0.0311. The SMILES string of the molecule is Cc1nn(C(=O)[C@H]2CC=CC[C@H]2Cc2ccccc2)c2c1[C@H]1[C@@H](C2)C1(C)C. The molecule has 1 saturated carbocycles. The lowest BCUT2D eigenvalue weighted by atomic mass is 9.78. The van der Waals surface area contributed by atoms with Crippen molar-refractivity contribution in [3.63, 3.8) is 0 Å². The summed E-state index contributed by atoms with van der Waals surface area (Å²) in [6.07, 6.45) is 8.22. The molecule has 1 aromatic carbocycles. The van der Waals surface area contributed by atoms with Crippen LogP contribution in [0.1, 0.15) is 59.9 Å². The molecule has 3 heteroatoms. The smallest absolute Gasteiger partial charge is 0.250 e. The maximum atomic E-state index is 13.5. The van der Waals surface area contributed by atoms with Crippen LogP contribution in [-0.2, 0) is 12.8 Å². The molecule has 0 N–H and O–H groups in total. The van der Waals surface area contributed by atoms with E-state index in [9.17, 15) is 4.79 Å². The minimum absolute atomic E-state index is 0.0311. The van der Waals surface area contributed by atoms with Crippen LogP contribution in [0.25, 0.3) is 0 Å². The molecule has 0 bridgehead atoms. The summed E-state index contributed by atoms with van der Waals surface area (Å²) in [5.41, 5.74) is 5.37. The van der Waals surface area contributed by atoms with Crippen molar-refractivity contribution in [3.8, 4) is 0 Å². The summed E-state index contributed by atoms with van der Waals surface area (Å²) >= 11 is 0. The van der Waals surface area contributed by atoms with E-state index in [4.69, 9.17) is 5.10 Å². The van der Waals surface area contributed by atoms with Gasteiger partial charge in [-0.1, -0.05) is 56.3 Å². The fraction of sp³-hybridized carbons (Fsp3) is 0.500. The van der Waals surface area contributed by atoms with E-state index >= 15 is 0 Å². The normalized spacial score (nSPS) is 30.0. The van der Waals surface area contributed by atoms with Gasteiger partial charge in [-0.2, -0.15) is 5.10 Å². The minimum Gasteiger partial charge on any atom is -0.272 e. The van der Waals surface area contributed by atoms with Crippen LogP contribution in [0.5, 0.6) is 0 Å². The second kappa shape index (κ2) is 5.92. The number of carbonyl (C=O) groups excluding carboxylic acids is 1. The lowest BCUT2D eigenvalue weighted by molar-refractivity contribution is 0.0756. The zero-order chi connectivity index (χ0) is 18.8. The molecule has 3 nitrogen and oxygen atoms in total. The number of fused-ring (bicyclic) bond motifs is 3. The zero-order valence-electron chi connectivity index (χ0n) is 16.5. The van der Waals surface area contributed by atoms with Gasteiger partial charge in [0.05, 0.1) is 11.4 Å². The van der Waals surface area contributed by atoms with Gasteiger partial charge in [0.15, 0.2) is 0 Å². The van der Waals surface area contributed by atoms with Crippen LogP contribution in [-0.4, -0.2) is 15.7 Å². The third kappa shape index (κ3) is 2.55. The number of nitrogens with zero attached hydrogens (tertiary/aromatic N) is 2. The Morgan fingerprint density at radius 3 is 2.70 bits per heavy atom. The highest BCUT2D eigenvalue weighted by Gasteiger charge is 2.64. The van der Waals surface area contributed by atoms with Gasteiger partial charge in [0, 0.05) is 11.5 Å². The van der Waals surface area contributed by atoms with E-state index in [0.717, 1.165) is 31.4 Å². The average Bonchev–Trinajstić information content (AvgIpc) is 3.00. The lowest BCUT2D eigenvalue weighted by Gasteiger charge is -2.28. The van der Waals surface area contributed by atoms with E-state index in [1.54, 1.807) is 4.68 Å². The molecule has 1 fully saturated rings. The maximum Gasteiger partial charge on any atom is 0.250 e. The Morgan fingerprint density at radius 2 is 1.93 bits per heavy atom. The highest BCUT2D eigenvalue weighted by atomic mass is 16.2. The molecule has 0 spiro atoms. The van der Waals surface area contributed by atoms with Crippen LogP contribution in [0.4, 0.5) is 0 Å². The summed E-state index contributed by atoms with van der Waals surface area (Å²) < 4.78 is 1.80. The summed E-state index contributed by atoms with van der Waals surface area (Å²) in [4.78, 5) is 13.5. The number of rotatable bonds is 3. The van der Waals surface area contributed by atoms with Crippen molar-refractivity contribution >= 4 is 5.91 Å². The van der Waals surface area contributed by atoms with Crippen molar-refractivity contribution in [1.82, 2.24) is 9.78 Å². The van der Waals surface area contributed by atoms with E-state index < -0.39 is 0 Å². The predicted octanol–water partition coefficient (Wildman–Crippen LogP) is 4.95. The molecule has 1 heterocycles. The van der Waals surface area contributed by atoms with Crippen LogP contribution in [0.3, 0.4) is 0 Å². The summed E-state index contributed by atoms with van der Waals surface area (Å²) in [5.74, 6) is 1.92. The second-order valence-electron chi connectivity index (χ2n) is 9.30. The first-order valence-corrected chi connectivity index (χ1v) is 10.3. The number of carbonyl (C=O) groups is 1. The van der Waals surface area contributed by atoms with Gasteiger partial charge < -0.3 is 0 Å². The van der Waals surface area contributed by atoms with Gasteiger partial charge in [-0.25, -0.2) is 4.68 Å². The molecule has 5 rings (SSSR count). The van der Waals surface area contributed by atoms with Crippen molar-refractivity contribution in [2.24, 2.45) is 23.2 Å². The van der Waals surface area contributed by atoms with Crippen molar-refractivity contribution in [2.45, 2.75) is 52.4 Å². The number of allylic oxidation sites excluding steroid dienone is 2. The average molecular weight is 361 g/mol. The third-order valence-corrected chi connectivity index (χ3v) is 7.41. The molecule has 3 aliphatic carbocycles. The highest BCUT2D eigenvalue weighted by molar-refractivity contribution is 5.83. The van der Waals surface area contributed by atoms with Gasteiger partial charge in [-0.3, -0.25) is 4.79 Å². The predicted molar refractivity (Wildman–Crippen MR) is 107 cm³/mol. The van der Waals surface area contributed by atoms with E-state index in [-0.39, 0.29) is 11.8 Å². The van der Waals surface area contributed by atoms with E-state index in [2.05, 4.69) is 63.3 Å². The van der Waals surface area contributed by atoms with E-state index in [1.807, 2.05) is 0 Å². The Labute approximate surface area is 161 Å². The molecule has 4 atom stereocenters. The topological polar surface area (TPSA) is 34.9 Å². The Bertz CT molecular complexity index is 921. The van der Waals surface area contributed by atoms with Crippen LogP contribution < -0.4 is 0 Å². The van der Waals surface area contributed by atoms with Gasteiger partial charge in [0.2, 0.25) is 0 Å². The molecule has 2 aromatic rings. The largest absolute Gasteiger partial charge is 0.272 e. The maximum absolute atomic E-state index is 13.5. The third-order valence-electron chi connectivity index (χ3n) is 7.41. The zero-order valence-corrected chi connectivity index (χ0v) is 16.5. The summed E-state index contributed by atoms with van der Waals surface area (Å²) in [5, 5.41) is 4.73. The molecular formula is C24H28N2O. The van der Waals surface area contributed by atoms with Crippen LogP contribution >= 0.6 is 0 Å². The first-order valence-electron chi connectivity index (χ1n) is 10.3. The van der Waals surface area contributed by atoms with Crippen LogP contribution in [0, 0.1) is 30.1 Å². The Balaban J connectivity index is 1.43. The molecule has 140 valence electrons. The summed E-state index contributed by atoms with van der Waals surface area (Å²) in [6.45, 7) is 6.79. The number of aromatic nitrogens is 2. The van der Waals surface area contributed by atoms with Gasteiger partial charge in [-0.15, -0.1) is 0 Å². The molecule has 3 aliphatic rings. The Morgan fingerprint density at radius 1 is 1.19 bits per heavy atom. The van der Waals surface area contributed by atoms with Crippen molar-refractivity contribution < 1.29 is 4.79 Å². The Hall–Kier alpha value is -2.16. The quantitative estimate of drug-likeness (QED) is 0.726. The number of hydrogen-bond donors (Lipinski definition) is 0. The summed E-state index contributed by atoms with van der Waals surface area (Å²) in [7, 11) is 0. The molecular weight excluding hydrogens is 332 g/mol. The molecule has 0 radical (unpaired) electrons. The first-order chi connectivity index (χ1) is 13.0. The van der Waals surface area contributed by atoms with Crippen molar-refractivity contribution in [2.75, 3.05) is 0 Å². The molecule has 27 heavy (non-hydrogen) atoms. The van der Waals surface area contributed by atoms with Crippen LogP contribution in [0.2, 0.25) is 0 Å². The number of benzene rings is 1. The summed E-state index contributed by atoms with van der Waals surface area (Å²) in [6, 6.07) is 10.6. The molecule has 0 unspecified atom stereocenters. The fourth-order valence-electron chi connectivity index (χ4n) is 5.75. The van der Waals surface area contributed by atoms with Crippen molar-refractivity contribution in [1.29, 1.82) is 0 Å². The fourth-order valence-corrected chi connectivity index (χ4v) is 5.75.